The zero-order valence-electron chi connectivity index (χ0n) is 13.5. The minimum Gasteiger partial charge on any atom is -0.435 e. The first-order chi connectivity index (χ1) is 10.6. The van der Waals surface area contributed by atoms with Crippen molar-refractivity contribution in [2.45, 2.75) is 39.5 Å². The van der Waals surface area contributed by atoms with E-state index in [1.54, 1.807) is 13.8 Å². The van der Waals surface area contributed by atoms with Gasteiger partial charge in [0.05, 0.1) is 26.4 Å². The standard InChI is InChI=1S/C16H26O6/c1-4-19-15(17)21-12-8-6-7-10-14(3)11-9-13-22-16(18)20-5-2/h6-7H,3-5,8-13H2,1-2H3/b7-6+. The molecule has 0 aliphatic rings. The molecule has 0 heterocycles. The molecule has 0 unspecified atom stereocenters. The third-order valence-corrected chi connectivity index (χ3v) is 2.50. The molecule has 0 aliphatic heterocycles. The first-order valence-electron chi connectivity index (χ1n) is 7.50. The highest BCUT2D eigenvalue weighted by atomic mass is 16.7. The molecule has 0 aromatic rings. The van der Waals surface area contributed by atoms with Crippen LogP contribution in [0.4, 0.5) is 9.59 Å². The lowest BCUT2D eigenvalue weighted by Gasteiger charge is -2.05. The van der Waals surface area contributed by atoms with Crippen molar-refractivity contribution in [1.29, 1.82) is 0 Å². The number of carbonyl (C=O) groups excluding carboxylic acids is 2. The van der Waals surface area contributed by atoms with Crippen LogP contribution in [0.15, 0.2) is 24.3 Å². The van der Waals surface area contributed by atoms with Crippen molar-refractivity contribution in [1.82, 2.24) is 0 Å². The molecule has 0 aliphatic carbocycles. The summed E-state index contributed by atoms with van der Waals surface area (Å²) in [5.41, 5.74) is 1.05. The first-order valence-corrected chi connectivity index (χ1v) is 7.50. The molecule has 0 saturated heterocycles. The summed E-state index contributed by atoms with van der Waals surface area (Å²) in [5.74, 6) is 0. The molecular formula is C16H26O6. The monoisotopic (exact) mass is 314 g/mol. The van der Waals surface area contributed by atoms with E-state index < -0.39 is 12.3 Å². The van der Waals surface area contributed by atoms with E-state index >= 15 is 0 Å². The van der Waals surface area contributed by atoms with Crippen LogP contribution < -0.4 is 0 Å². The molecule has 0 rings (SSSR count). The number of allylic oxidation sites excluding steroid dienone is 2. The molecule has 6 heteroatoms. The second-order valence-electron chi connectivity index (χ2n) is 4.38. The smallest absolute Gasteiger partial charge is 0.435 e. The van der Waals surface area contributed by atoms with Gasteiger partial charge in [-0.05, 0) is 39.5 Å². The predicted octanol–water partition coefficient (Wildman–Crippen LogP) is 4.01. The number of rotatable bonds is 11. The van der Waals surface area contributed by atoms with Crippen molar-refractivity contribution < 1.29 is 28.5 Å². The summed E-state index contributed by atoms with van der Waals surface area (Å²) < 4.78 is 18.9. The fourth-order valence-electron chi connectivity index (χ4n) is 1.48. The van der Waals surface area contributed by atoms with E-state index in [9.17, 15) is 9.59 Å². The zero-order valence-corrected chi connectivity index (χ0v) is 13.5. The van der Waals surface area contributed by atoms with Crippen molar-refractivity contribution in [3.63, 3.8) is 0 Å². The van der Waals surface area contributed by atoms with Gasteiger partial charge in [-0.25, -0.2) is 9.59 Å². The summed E-state index contributed by atoms with van der Waals surface area (Å²) in [6.45, 7) is 8.66. The quantitative estimate of drug-likeness (QED) is 0.326. The lowest BCUT2D eigenvalue weighted by molar-refractivity contribution is 0.0580. The van der Waals surface area contributed by atoms with Crippen LogP contribution >= 0.6 is 0 Å². The Labute approximate surface area is 132 Å². The highest BCUT2D eigenvalue weighted by molar-refractivity contribution is 5.59. The Balaban J connectivity index is 3.50. The van der Waals surface area contributed by atoms with E-state index in [1.165, 1.54) is 0 Å². The minimum absolute atomic E-state index is 0.301. The van der Waals surface area contributed by atoms with Gasteiger partial charge in [-0.3, -0.25) is 0 Å². The molecule has 0 fully saturated rings. The zero-order chi connectivity index (χ0) is 16.6. The Morgan fingerprint density at radius 1 is 0.909 bits per heavy atom. The predicted molar refractivity (Wildman–Crippen MR) is 82.7 cm³/mol. The van der Waals surface area contributed by atoms with Crippen LogP contribution in [0.3, 0.4) is 0 Å². The van der Waals surface area contributed by atoms with Crippen LogP contribution in [0, 0.1) is 0 Å². The van der Waals surface area contributed by atoms with Gasteiger partial charge in [-0.15, -0.1) is 0 Å². The van der Waals surface area contributed by atoms with Gasteiger partial charge in [-0.1, -0.05) is 24.3 Å². The van der Waals surface area contributed by atoms with Crippen molar-refractivity contribution in [2.75, 3.05) is 26.4 Å². The van der Waals surface area contributed by atoms with E-state index in [-0.39, 0.29) is 0 Å². The highest BCUT2D eigenvalue weighted by Gasteiger charge is 2.01. The second-order valence-corrected chi connectivity index (χ2v) is 4.38. The van der Waals surface area contributed by atoms with Crippen LogP contribution in [0.2, 0.25) is 0 Å². The molecule has 0 N–H and O–H groups in total. The molecule has 0 aromatic carbocycles. The largest absolute Gasteiger partial charge is 0.508 e. The van der Waals surface area contributed by atoms with Crippen LogP contribution in [0.5, 0.6) is 0 Å². The molecule has 6 nitrogen and oxygen atoms in total. The van der Waals surface area contributed by atoms with Gasteiger partial charge < -0.3 is 18.9 Å². The second kappa shape index (κ2) is 14.0. The maximum atomic E-state index is 10.9. The summed E-state index contributed by atoms with van der Waals surface area (Å²) in [5, 5.41) is 0. The Hall–Kier alpha value is -1.98. The molecule has 0 aromatic heterocycles. The third kappa shape index (κ3) is 13.0. The van der Waals surface area contributed by atoms with Crippen molar-refractivity contribution in [2.24, 2.45) is 0 Å². The highest BCUT2D eigenvalue weighted by Crippen LogP contribution is 2.08. The van der Waals surface area contributed by atoms with Crippen molar-refractivity contribution in [3.8, 4) is 0 Å². The average Bonchev–Trinajstić information content (AvgIpc) is 2.48. The van der Waals surface area contributed by atoms with Gasteiger partial charge in [0.25, 0.3) is 0 Å². The summed E-state index contributed by atoms with van der Waals surface area (Å²) in [4.78, 5) is 21.8. The molecule has 0 atom stereocenters. The molecule has 0 bridgehead atoms. The molecule has 126 valence electrons. The molecule has 22 heavy (non-hydrogen) atoms. The SMILES string of the molecule is C=C(C/C=C/CCOC(=O)OCC)CCCOC(=O)OCC. The molecular weight excluding hydrogens is 288 g/mol. The lowest BCUT2D eigenvalue weighted by Crippen LogP contribution is -2.08. The molecule has 0 spiro atoms. The number of hydrogen-bond acceptors (Lipinski definition) is 6. The first kappa shape index (κ1) is 20.0. The van der Waals surface area contributed by atoms with Crippen molar-refractivity contribution >= 4 is 12.3 Å². The average molecular weight is 314 g/mol. The fraction of sp³-hybridized carbons (Fsp3) is 0.625. The van der Waals surface area contributed by atoms with Crippen LogP contribution in [-0.2, 0) is 18.9 Å². The Bertz CT molecular complexity index is 362. The maximum Gasteiger partial charge on any atom is 0.508 e. The van der Waals surface area contributed by atoms with Gasteiger partial charge in [0.2, 0.25) is 0 Å². The van der Waals surface area contributed by atoms with Crippen LogP contribution in [-0.4, -0.2) is 38.7 Å². The number of ether oxygens (including phenoxy) is 4. The lowest BCUT2D eigenvalue weighted by atomic mass is 10.1. The van der Waals surface area contributed by atoms with Crippen molar-refractivity contribution in [3.05, 3.63) is 24.3 Å². The van der Waals surface area contributed by atoms with E-state index in [4.69, 9.17) is 9.47 Å². The van der Waals surface area contributed by atoms with Gasteiger partial charge >= 0.3 is 12.3 Å². The third-order valence-electron chi connectivity index (χ3n) is 2.50. The van der Waals surface area contributed by atoms with E-state index in [0.717, 1.165) is 24.8 Å². The van der Waals surface area contributed by atoms with Crippen LogP contribution in [0.25, 0.3) is 0 Å². The van der Waals surface area contributed by atoms with Gasteiger partial charge in [-0.2, -0.15) is 0 Å². The van der Waals surface area contributed by atoms with E-state index in [0.29, 0.717) is 32.8 Å². The Morgan fingerprint density at radius 2 is 1.50 bits per heavy atom. The minimum atomic E-state index is -0.637. The topological polar surface area (TPSA) is 71.1 Å². The summed E-state index contributed by atoms with van der Waals surface area (Å²) in [6.07, 6.45) is 5.52. The van der Waals surface area contributed by atoms with Crippen LogP contribution in [0.1, 0.15) is 39.5 Å². The Kier molecular flexibility index (Phi) is 12.7. The van der Waals surface area contributed by atoms with Gasteiger partial charge in [0.1, 0.15) is 0 Å². The van der Waals surface area contributed by atoms with E-state index in [1.807, 2.05) is 12.2 Å². The number of hydrogen-bond donors (Lipinski definition) is 0. The van der Waals surface area contributed by atoms with E-state index in [2.05, 4.69) is 16.1 Å². The number of carbonyl (C=O) groups is 2. The Morgan fingerprint density at radius 3 is 2.09 bits per heavy atom. The summed E-state index contributed by atoms with van der Waals surface area (Å²) >= 11 is 0. The summed E-state index contributed by atoms with van der Waals surface area (Å²) in [6, 6.07) is 0. The summed E-state index contributed by atoms with van der Waals surface area (Å²) in [7, 11) is 0. The normalized spacial score (nSPS) is 10.3. The molecule has 0 radical (unpaired) electrons. The molecule has 0 saturated carbocycles. The van der Waals surface area contributed by atoms with Gasteiger partial charge in [0.15, 0.2) is 0 Å². The fourth-order valence-corrected chi connectivity index (χ4v) is 1.48. The van der Waals surface area contributed by atoms with Gasteiger partial charge in [0, 0.05) is 0 Å². The molecule has 0 amide bonds. The maximum absolute atomic E-state index is 10.9.